The zero-order chi connectivity index (χ0) is 41.3. The number of alkyl carbamates (subject to hydrolysis) is 2. The number of hydrogen-bond acceptors (Lipinski definition) is 12. The topological polar surface area (TPSA) is 211 Å². The van der Waals surface area contributed by atoms with Crippen molar-refractivity contribution < 1.29 is 56.0 Å². The Morgan fingerprint density at radius 2 is 1.28 bits per heavy atom. The normalized spacial score (nSPS) is 11.7. The largest absolute Gasteiger partial charge is 0.497 e. The Morgan fingerprint density at radius 1 is 0.754 bits per heavy atom. The third kappa shape index (κ3) is 15.8. The van der Waals surface area contributed by atoms with Gasteiger partial charge in [-0.2, -0.15) is 4.72 Å². The average molecular weight is 851 g/mol. The minimum Gasteiger partial charge on any atom is -0.497 e. The number of unbranched alkanes of at least 4 members (excludes halogenated alkanes) is 1. The Bertz CT molecular complexity index is 2040. The number of thiophene rings is 1. The molecule has 312 valence electrons. The van der Waals surface area contributed by atoms with E-state index in [1.807, 2.05) is 29.0 Å². The Balaban J connectivity index is 1.23. The number of amides is 2. The highest BCUT2D eigenvalue weighted by molar-refractivity contribution is 7.92. The zero-order valence-corrected chi connectivity index (χ0v) is 34.8. The highest BCUT2D eigenvalue weighted by atomic mass is 32.2. The van der Waals surface area contributed by atoms with Gasteiger partial charge in [0.15, 0.2) is 0 Å². The molecule has 0 bridgehead atoms. The smallest absolute Gasteiger partial charge is 0.407 e. The number of nitrogens with one attached hydrogen (secondary N) is 3. The van der Waals surface area contributed by atoms with Crippen LogP contribution in [-0.2, 0) is 37.3 Å². The van der Waals surface area contributed by atoms with E-state index in [1.165, 1.54) is 0 Å². The lowest BCUT2D eigenvalue weighted by atomic mass is 10.2. The van der Waals surface area contributed by atoms with Crippen molar-refractivity contribution in [1.29, 1.82) is 0 Å². The quantitative estimate of drug-likeness (QED) is 0.0422. The van der Waals surface area contributed by atoms with Gasteiger partial charge in [-0.3, -0.25) is 4.57 Å². The summed E-state index contributed by atoms with van der Waals surface area (Å²) in [5.41, 5.74) is 2.15. The maximum Gasteiger partial charge on any atom is 0.407 e. The first-order valence-corrected chi connectivity index (χ1v) is 22.4. The standard InChI is InChI=1S/C38H51N4O12PS2/c1-28-34-24-33(16-17-35(34)56-36(28)57(48,49)41-27-55(45,46)47)52-23-7-22-42(21-6-19-40-38(44)54-26-30-10-14-32(51-3)15-11-30)20-5-4-18-39-37(43)53-25-29-8-12-31(50-2)13-9-29/h8-17,24,41H,4-7,18-23,25-27H2,1-3H3,(H,39,43)(H,40,44)(H2,45,46,47). The summed E-state index contributed by atoms with van der Waals surface area (Å²) in [5, 5.41) is 6.26. The van der Waals surface area contributed by atoms with Gasteiger partial charge < -0.3 is 49.0 Å². The third-order valence-corrected chi connectivity index (χ3v) is 12.7. The van der Waals surface area contributed by atoms with Crippen molar-refractivity contribution in [3.05, 3.63) is 83.4 Å². The number of ether oxygens (including phenoxy) is 5. The van der Waals surface area contributed by atoms with Crippen LogP contribution in [0.3, 0.4) is 0 Å². The van der Waals surface area contributed by atoms with Crippen molar-refractivity contribution >= 4 is 51.2 Å². The Morgan fingerprint density at radius 3 is 1.84 bits per heavy atom. The molecule has 19 heteroatoms. The molecule has 5 N–H and O–H groups in total. The van der Waals surface area contributed by atoms with Gasteiger partial charge in [-0.1, -0.05) is 24.3 Å². The van der Waals surface area contributed by atoms with Crippen molar-refractivity contribution in [2.75, 3.05) is 59.8 Å². The minimum absolute atomic E-state index is 0.0145. The number of sulfonamides is 1. The predicted octanol–water partition coefficient (Wildman–Crippen LogP) is 5.73. The van der Waals surface area contributed by atoms with Gasteiger partial charge >= 0.3 is 19.8 Å². The molecular formula is C38H51N4O12PS2. The van der Waals surface area contributed by atoms with Crippen LogP contribution in [0.5, 0.6) is 17.2 Å². The maximum absolute atomic E-state index is 12.8. The van der Waals surface area contributed by atoms with Gasteiger partial charge in [-0.25, -0.2) is 18.0 Å². The van der Waals surface area contributed by atoms with Crippen LogP contribution in [0.4, 0.5) is 9.59 Å². The van der Waals surface area contributed by atoms with Crippen LogP contribution in [-0.4, -0.2) is 95.1 Å². The molecular weight excluding hydrogens is 800 g/mol. The molecule has 0 unspecified atom stereocenters. The number of nitrogens with zero attached hydrogens (tertiary/aromatic N) is 1. The molecule has 0 aliphatic rings. The molecule has 2 amide bonds. The lowest BCUT2D eigenvalue weighted by Crippen LogP contribution is -2.32. The highest BCUT2D eigenvalue weighted by Gasteiger charge is 2.25. The third-order valence-electron chi connectivity index (χ3n) is 8.60. The Hall–Kier alpha value is -4.42. The SMILES string of the molecule is COc1ccc(COC(=O)NCCCCN(CCCNC(=O)OCc2ccc(OC)cc2)CCCOc2ccc3sc(S(=O)(=O)NCP(=O)(O)O)c(C)c3c2)cc1. The monoisotopic (exact) mass is 850 g/mol. The van der Waals surface area contributed by atoms with Crippen molar-refractivity contribution in [3.63, 3.8) is 0 Å². The van der Waals surface area contributed by atoms with Crippen LogP contribution in [0, 0.1) is 6.92 Å². The summed E-state index contributed by atoms with van der Waals surface area (Å²) in [6.45, 7) is 5.34. The van der Waals surface area contributed by atoms with E-state index < -0.39 is 36.1 Å². The molecule has 0 aliphatic heterocycles. The van der Waals surface area contributed by atoms with E-state index in [-0.39, 0.29) is 17.4 Å². The first-order valence-electron chi connectivity index (χ1n) is 18.3. The van der Waals surface area contributed by atoms with Crippen LogP contribution in [0.2, 0.25) is 0 Å². The molecule has 1 aromatic heterocycles. The predicted molar refractivity (Wildman–Crippen MR) is 217 cm³/mol. The number of carbonyl (C=O) groups excluding carboxylic acids is 2. The number of methoxy groups -OCH3 is 2. The number of fused-ring (bicyclic) bond motifs is 1. The molecule has 0 atom stereocenters. The Kier molecular flexibility index (Phi) is 17.9. The number of aryl methyl sites for hydroxylation is 1. The minimum atomic E-state index is -4.57. The first kappa shape index (κ1) is 45.3. The molecule has 0 radical (unpaired) electrons. The van der Waals surface area contributed by atoms with E-state index in [1.54, 1.807) is 63.6 Å². The van der Waals surface area contributed by atoms with E-state index in [2.05, 4.69) is 15.5 Å². The average Bonchev–Trinajstić information content (AvgIpc) is 3.54. The number of carbonyl (C=O) groups is 2. The van der Waals surface area contributed by atoms with Gasteiger partial charge in [0.2, 0.25) is 0 Å². The van der Waals surface area contributed by atoms with Crippen molar-refractivity contribution in [2.45, 2.75) is 50.0 Å². The first-order chi connectivity index (χ1) is 27.3. The van der Waals surface area contributed by atoms with Crippen LogP contribution in [0.15, 0.2) is 70.9 Å². The molecule has 4 rings (SSSR count). The fourth-order valence-electron chi connectivity index (χ4n) is 5.56. The van der Waals surface area contributed by atoms with Crippen LogP contribution in [0.25, 0.3) is 10.1 Å². The van der Waals surface area contributed by atoms with Crippen molar-refractivity contribution in [1.82, 2.24) is 20.3 Å². The fraction of sp³-hybridized carbons (Fsp3) is 0.421. The van der Waals surface area contributed by atoms with E-state index in [4.69, 9.17) is 33.5 Å². The van der Waals surface area contributed by atoms with Gasteiger partial charge in [0, 0.05) is 29.7 Å². The van der Waals surface area contributed by atoms with Gasteiger partial charge in [0.25, 0.3) is 10.0 Å². The molecule has 0 aliphatic carbocycles. The molecule has 0 saturated carbocycles. The highest BCUT2D eigenvalue weighted by Crippen LogP contribution is 2.38. The lowest BCUT2D eigenvalue weighted by Gasteiger charge is -2.22. The zero-order valence-electron chi connectivity index (χ0n) is 32.2. The van der Waals surface area contributed by atoms with E-state index >= 15 is 0 Å². The number of benzene rings is 3. The van der Waals surface area contributed by atoms with Gasteiger partial charge in [0.05, 0.1) is 20.8 Å². The molecule has 3 aromatic carbocycles. The molecule has 1 heterocycles. The Labute approximate surface area is 337 Å². The number of rotatable bonds is 24. The summed E-state index contributed by atoms with van der Waals surface area (Å²) in [4.78, 5) is 45.0. The molecule has 16 nitrogen and oxygen atoms in total. The summed E-state index contributed by atoms with van der Waals surface area (Å²) < 4.78 is 66.4. The van der Waals surface area contributed by atoms with E-state index in [9.17, 15) is 22.6 Å². The second-order valence-electron chi connectivity index (χ2n) is 12.9. The van der Waals surface area contributed by atoms with E-state index in [0.717, 1.165) is 53.3 Å². The van der Waals surface area contributed by atoms with E-state index in [0.29, 0.717) is 67.0 Å². The molecule has 0 spiro atoms. The summed E-state index contributed by atoms with van der Waals surface area (Å²) in [7, 11) is -5.53. The summed E-state index contributed by atoms with van der Waals surface area (Å²) in [5.74, 6) is 2.00. The van der Waals surface area contributed by atoms with Crippen molar-refractivity contribution in [2.24, 2.45) is 0 Å². The lowest BCUT2D eigenvalue weighted by molar-refractivity contribution is 0.137. The van der Waals surface area contributed by atoms with Gasteiger partial charge in [-0.05, 0) is 105 Å². The second-order valence-corrected chi connectivity index (χ2v) is 17.6. The summed E-state index contributed by atoms with van der Waals surface area (Å²) in [6, 6.07) is 19.8. The molecule has 57 heavy (non-hydrogen) atoms. The van der Waals surface area contributed by atoms with Gasteiger partial charge in [-0.15, -0.1) is 11.3 Å². The maximum atomic E-state index is 12.8. The summed E-state index contributed by atoms with van der Waals surface area (Å²) in [6.07, 6.45) is 0.911. The summed E-state index contributed by atoms with van der Waals surface area (Å²) >= 11 is 1.01. The van der Waals surface area contributed by atoms with Gasteiger partial charge in [0.1, 0.15) is 41.0 Å². The van der Waals surface area contributed by atoms with Crippen LogP contribution < -0.4 is 29.6 Å². The molecule has 0 fully saturated rings. The van der Waals surface area contributed by atoms with Crippen molar-refractivity contribution in [3.8, 4) is 17.2 Å². The van der Waals surface area contributed by atoms with Crippen LogP contribution >= 0.6 is 18.9 Å². The molecule has 0 saturated heterocycles. The van der Waals surface area contributed by atoms with Crippen LogP contribution in [0.1, 0.15) is 42.4 Å². The fourth-order valence-corrected chi connectivity index (χ4v) is 9.36. The second kappa shape index (κ2) is 22.5. The molecule has 4 aromatic rings. The number of hydrogen-bond donors (Lipinski definition) is 5.